The first-order valence-electron chi connectivity index (χ1n) is 8.94. The minimum Gasteiger partial charge on any atom is -0.348 e. The van der Waals surface area contributed by atoms with Gasteiger partial charge in [-0.25, -0.2) is 4.79 Å². The Morgan fingerprint density at radius 3 is 2.73 bits per heavy atom. The van der Waals surface area contributed by atoms with Crippen molar-refractivity contribution in [2.24, 2.45) is 0 Å². The smallest absolute Gasteiger partial charge is 0.327 e. The number of nitrogens with zero attached hydrogens (tertiary/aromatic N) is 2. The summed E-state index contributed by atoms with van der Waals surface area (Å²) in [5.41, 5.74) is 0.983. The molecule has 6 nitrogen and oxygen atoms in total. The van der Waals surface area contributed by atoms with Crippen molar-refractivity contribution in [2.45, 2.75) is 31.8 Å². The molecule has 2 fully saturated rings. The molecule has 134 valence electrons. The molecule has 0 spiro atoms. The van der Waals surface area contributed by atoms with E-state index in [1.807, 2.05) is 49.4 Å². The normalized spacial score (nSPS) is 20.6. The van der Waals surface area contributed by atoms with Gasteiger partial charge in [-0.2, -0.15) is 0 Å². The fourth-order valence-corrected chi connectivity index (χ4v) is 3.82. The van der Waals surface area contributed by atoms with Crippen LogP contribution in [-0.4, -0.2) is 46.8 Å². The average Bonchev–Trinajstić information content (AvgIpc) is 3.21. The summed E-state index contributed by atoms with van der Waals surface area (Å²) in [6.07, 6.45) is 1.54. The Hall–Kier alpha value is -2.89. The molecule has 2 atom stereocenters. The van der Waals surface area contributed by atoms with Crippen LogP contribution >= 0.6 is 0 Å². The second-order valence-corrected chi connectivity index (χ2v) is 6.95. The predicted octanol–water partition coefficient (Wildman–Crippen LogP) is 2.44. The largest absolute Gasteiger partial charge is 0.348 e. The fraction of sp³-hybridized carbons (Fsp3) is 0.350. The number of imide groups is 1. The summed E-state index contributed by atoms with van der Waals surface area (Å²) in [6, 6.07) is 13.2. The van der Waals surface area contributed by atoms with Crippen LogP contribution in [0.1, 0.15) is 31.4 Å². The van der Waals surface area contributed by atoms with Crippen molar-refractivity contribution in [3.63, 3.8) is 0 Å². The van der Waals surface area contributed by atoms with E-state index in [0.29, 0.717) is 13.0 Å². The quantitative estimate of drug-likeness (QED) is 0.860. The number of carbonyl (C=O) groups is 3. The van der Waals surface area contributed by atoms with Gasteiger partial charge in [0.1, 0.15) is 12.6 Å². The third-order valence-electron chi connectivity index (χ3n) is 5.23. The number of rotatable bonds is 4. The number of amides is 4. The number of hydrogen-bond acceptors (Lipinski definition) is 3. The van der Waals surface area contributed by atoms with E-state index in [0.717, 1.165) is 27.7 Å². The summed E-state index contributed by atoms with van der Waals surface area (Å²) < 4.78 is 0. The molecule has 2 aliphatic rings. The molecule has 0 aliphatic carbocycles. The molecule has 0 radical (unpaired) electrons. The molecule has 0 saturated carbocycles. The molecule has 6 heteroatoms. The van der Waals surface area contributed by atoms with E-state index in [9.17, 15) is 14.4 Å². The van der Waals surface area contributed by atoms with Gasteiger partial charge in [-0.15, -0.1) is 0 Å². The van der Waals surface area contributed by atoms with E-state index in [1.165, 1.54) is 0 Å². The molecule has 1 N–H and O–H groups in total. The van der Waals surface area contributed by atoms with Gasteiger partial charge in [-0.05, 0) is 42.2 Å². The summed E-state index contributed by atoms with van der Waals surface area (Å²) in [5, 5.41) is 5.14. The highest BCUT2D eigenvalue weighted by Gasteiger charge is 2.47. The summed E-state index contributed by atoms with van der Waals surface area (Å²) in [5.74, 6) is -0.574. The van der Waals surface area contributed by atoms with Gasteiger partial charge in [0.05, 0.1) is 6.04 Å². The predicted molar refractivity (Wildman–Crippen MR) is 97.3 cm³/mol. The summed E-state index contributed by atoms with van der Waals surface area (Å²) in [4.78, 5) is 39.6. The maximum Gasteiger partial charge on any atom is 0.327 e. The molecule has 0 unspecified atom stereocenters. The first kappa shape index (κ1) is 16.6. The zero-order valence-corrected chi connectivity index (χ0v) is 14.6. The third-order valence-corrected chi connectivity index (χ3v) is 5.23. The maximum atomic E-state index is 12.4. The van der Waals surface area contributed by atoms with Crippen LogP contribution in [0, 0.1) is 0 Å². The summed E-state index contributed by atoms with van der Waals surface area (Å²) in [6.45, 7) is 2.28. The Bertz CT molecular complexity index is 873. The standard InChI is InChI=1S/C20H21N3O3/c1-13(15-9-8-14-5-2-3-6-16(14)11-15)21-18(24)12-23-19(25)17-7-4-10-22(17)20(23)26/h2-3,5-6,8-9,11,13,17H,4,7,10,12H2,1H3,(H,21,24)/t13-,17+/m1/s1. The van der Waals surface area contributed by atoms with E-state index >= 15 is 0 Å². The molecule has 0 aromatic heterocycles. The van der Waals surface area contributed by atoms with Crippen molar-refractivity contribution >= 4 is 28.6 Å². The van der Waals surface area contributed by atoms with E-state index in [-0.39, 0.29) is 36.5 Å². The number of fused-ring (bicyclic) bond motifs is 2. The highest BCUT2D eigenvalue weighted by Crippen LogP contribution is 2.27. The van der Waals surface area contributed by atoms with Crippen molar-refractivity contribution < 1.29 is 14.4 Å². The van der Waals surface area contributed by atoms with Gasteiger partial charge in [-0.1, -0.05) is 36.4 Å². The molecule has 4 rings (SSSR count). The Kier molecular flexibility index (Phi) is 4.11. The number of urea groups is 1. The summed E-state index contributed by atoms with van der Waals surface area (Å²) >= 11 is 0. The molecule has 0 bridgehead atoms. The Balaban J connectivity index is 1.42. The first-order chi connectivity index (χ1) is 12.5. The van der Waals surface area contributed by atoms with Gasteiger partial charge in [-0.3, -0.25) is 14.5 Å². The minimum atomic E-state index is -0.367. The van der Waals surface area contributed by atoms with Gasteiger partial charge in [0.15, 0.2) is 0 Å². The van der Waals surface area contributed by atoms with Crippen molar-refractivity contribution in [2.75, 3.05) is 13.1 Å². The van der Waals surface area contributed by atoms with E-state index in [4.69, 9.17) is 0 Å². The summed E-state index contributed by atoms with van der Waals surface area (Å²) in [7, 11) is 0. The zero-order chi connectivity index (χ0) is 18.3. The number of hydrogen-bond donors (Lipinski definition) is 1. The Morgan fingerprint density at radius 1 is 1.19 bits per heavy atom. The average molecular weight is 351 g/mol. The number of benzene rings is 2. The SMILES string of the molecule is C[C@@H](NC(=O)CN1C(=O)[C@@H]2CCCN2C1=O)c1ccc2ccccc2c1. The van der Waals surface area contributed by atoms with Crippen molar-refractivity contribution in [1.29, 1.82) is 0 Å². The molecule has 2 heterocycles. The van der Waals surface area contributed by atoms with Crippen molar-refractivity contribution in [3.8, 4) is 0 Å². The third kappa shape index (κ3) is 2.81. The molecule has 2 aromatic carbocycles. The molecule has 26 heavy (non-hydrogen) atoms. The highest BCUT2D eigenvalue weighted by atomic mass is 16.2. The van der Waals surface area contributed by atoms with E-state index < -0.39 is 0 Å². The Morgan fingerprint density at radius 2 is 1.96 bits per heavy atom. The van der Waals surface area contributed by atoms with Crippen LogP contribution in [0.5, 0.6) is 0 Å². The molecule has 2 saturated heterocycles. The minimum absolute atomic E-state index is 0.209. The lowest BCUT2D eigenvalue weighted by Crippen LogP contribution is -2.42. The van der Waals surface area contributed by atoms with Crippen LogP contribution in [0.4, 0.5) is 4.79 Å². The van der Waals surface area contributed by atoms with Crippen LogP contribution in [0.3, 0.4) is 0 Å². The van der Waals surface area contributed by atoms with Gasteiger partial charge in [0, 0.05) is 6.54 Å². The van der Waals surface area contributed by atoms with Crippen LogP contribution in [0.15, 0.2) is 42.5 Å². The van der Waals surface area contributed by atoms with Crippen molar-refractivity contribution in [3.05, 3.63) is 48.0 Å². The van der Waals surface area contributed by atoms with Gasteiger partial charge in [0.25, 0.3) is 5.91 Å². The lowest BCUT2D eigenvalue weighted by Gasteiger charge is -2.18. The molecule has 2 aliphatic heterocycles. The monoisotopic (exact) mass is 351 g/mol. The maximum absolute atomic E-state index is 12.4. The second kappa shape index (κ2) is 6.44. The van der Waals surface area contributed by atoms with Gasteiger partial charge < -0.3 is 10.2 Å². The van der Waals surface area contributed by atoms with E-state index in [2.05, 4.69) is 5.32 Å². The van der Waals surface area contributed by atoms with Crippen molar-refractivity contribution in [1.82, 2.24) is 15.1 Å². The van der Waals surface area contributed by atoms with Crippen LogP contribution in [0.25, 0.3) is 10.8 Å². The first-order valence-corrected chi connectivity index (χ1v) is 8.94. The number of nitrogens with one attached hydrogen (secondary N) is 1. The Labute approximate surface area is 151 Å². The molecule has 4 amide bonds. The van der Waals surface area contributed by atoms with Crippen LogP contribution < -0.4 is 5.32 Å². The topological polar surface area (TPSA) is 69.7 Å². The van der Waals surface area contributed by atoms with Gasteiger partial charge in [0.2, 0.25) is 5.91 Å². The number of carbonyl (C=O) groups excluding carboxylic acids is 3. The van der Waals surface area contributed by atoms with Crippen LogP contribution in [0.2, 0.25) is 0 Å². The second-order valence-electron chi connectivity index (χ2n) is 6.95. The zero-order valence-electron chi connectivity index (χ0n) is 14.6. The van der Waals surface area contributed by atoms with Gasteiger partial charge >= 0.3 is 6.03 Å². The van der Waals surface area contributed by atoms with Crippen LogP contribution in [-0.2, 0) is 9.59 Å². The lowest BCUT2D eigenvalue weighted by molar-refractivity contribution is -0.132. The lowest BCUT2D eigenvalue weighted by atomic mass is 10.0. The highest BCUT2D eigenvalue weighted by molar-refractivity contribution is 6.06. The fourth-order valence-electron chi connectivity index (χ4n) is 3.82. The molecular formula is C20H21N3O3. The molecular weight excluding hydrogens is 330 g/mol. The molecule has 2 aromatic rings. The van der Waals surface area contributed by atoms with E-state index in [1.54, 1.807) is 4.90 Å².